The van der Waals surface area contributed by atoms with Gasteiger partial charge in [0.15, 0.2) is 0 Å². The molecule has 0 radical (unpaired) electrons. The molecule has 32 heavy (non-hydrogen) atoms. The smallest absolute Gasteiger partial charge is 0.259 e. The van der Waals surface area contributed by atoms with Crippen LogP contribution < -0.4 is 5.56 Å². The molecule has 0 aliphatic rings. The van der Waals surface area contributed by atoms with E-state index in [1.807, 2.05) is 48.5 Å². The number of nitrogens with zero attached hydrogens (tertiary/aromatic N) is 3. The standard InChI is InChI=1S/C26H17N5O/c32-26-21(23-10-12-28-31-23)15-19-14-20(17-8-9-22-18(13-17)7-4-11-27-22)24(29-25(19)30-26)16-5-2-1-3-6-16/h1-15H,(H,28,31)(H,29,30,32). The normalized spacial score (nSPS) is 11.2. The Labute approximate surface area is 182 Å². The molecule has 0 aliphatic carbocycles. The van der Waals surface area contributed by atoms with E-state index in [0.29, 0.717) is 16.9 Å². The minimum absolute atomic E-state index is 0.210. The molecule has 0 atom stereocenters. The lowest BCUT2D eigenvalue weighted by molar-refractivity contribution is 1.09. The van der Waals surface area contributed by atoms with Gasteiger partial charge in [0.25, 0.3) is 5.56 Å². The van der Waals surface area contributed by atoms with Crippen molar-refractivity contribution in [2.75, 3.05) is 0 Å². The van der Waals surface area contributed by atoms with Gasteiger partial charge in [-0.05, 0) is 42.0 Å². The highest BCUT2D eigenvalue weighted by Gasteiger charge is 2.15. The number of aromatic nitrogens is 5. The van der Waals surface area contributed by atoms with Crippen molar-refractivity contribution >= 4 is 21.9 Å². The summed E-state index contributed by atoms with van der Waals surface area (Å²) >= 11 is 0. The van der Waals surface area contributed by atoms with Gasteiger partial charge in [0.05, 0.1) is 22.5 Å². The first-order valence-electron chi connectivity index (χ1n) is 10.2. The summed E-state index contributed by atoms with van der Waals surface area (Å²) in [5.41, 5.74) is 6.28. The Bertz CT molecular complexity index is 1640. The molecule has 0 aliphatic heterocycles. The van der Waals surface area contributed by atoms with Crippen LogP contribution in [0.2, 0.25) is 0 Å². The number of hydrogen-bond donors (Lipinski definition) is 2. The van der Waals surface area contributed by atoms with Crippen molar-refractivity contribution in [2.45, 2.75) is 0 Å². The molecular weight excluding hydrogens is 398 g/mol. The molecule has 0 amide bonds. The number of benzene rings is 2. The van der Waals surface area contributed by atoms with Gasteiger partial charge >= 0.3 is 0 Å². The van der Waals surface area contributed by atoms with Crippen molar-refractivity contribution < 1.29 is 0 Å². The Morgan fingerprint density at radius 3 is 2.44 bits per heavy atom. The summed E-state index contributed by atoms with van der Waals surface area (Å²) < 4.78 is 0. The monoisotopic (exact) mass is 415 g/mol. The van der Waals surface area contributed by atoms with Crippen LogP contribution in [-0.2, 0) is 0 Å². The van der Waals surface area contributed by atoms with E-state index in [1.165, 1.54) is 0 Å². The molecule has 6 rings (SSSR count). The van der Waals surface area contributed by atoms with Gasteiger partial charge in [-0.3, -0.25) is 14.9 Å². The molecule has 0 bridgehead atoms. The summed E-state index contributed by atoms with van der Waals surface area (Å²) in [4.78, 5) is 25.0. The fourth-order valence-electron chi connectivity index (χ4n) is 4.02. The van der Waals surface area contributed by atoms with Crippen molar-refractivity contribution in [3.8, 4) is 33.6 Å². The SMILES string of the molecule is O=c1[nH]c2nc(-c3ccccc3)c(-c3ccc4ncccc4c3)cc2cc1-c1ccn[nH]1. The molecule has 0 saturated heterocycles. The second-order valence-corrected chi connectivity index (χ2v) is 7.58. The highest BCUT2D eigenvalue weighted by atomic mass is 16.1. The molecule has 6 nitrogen and oxygen atoms in total. The number of aromatic amines is 2. The van der Waals surface area contributed by atoms with Crippen molar-refractivity contribution in [1.29, 1.82) is 0 Å². The second-order valence-electron chi connectivity index (χ2n) is 7.58. The van der Waals surface area contributed by atoms with E-state index in [2.05, 4.69) is 44.4 Å². The molecule has 152 valence electrons. The molecule has 2 aromatic carbocycles. The van der Waals surface area contributed by atoms with Crippen LogP contribution in [0.3, 0.4) is 0 Å². The van der Waals surface area contributed by atoms with Crippen molar-refractivity contribution in [3.05, 3.63) is 102 Å². The summed E-state index contributed by atoms with van der Waals surface area (Å²) in [6.07, 6.45) is 3.42. The molecule has 6 aromatic rings. The Morgan fingerprint density at radius 1 is 0.719 bits per heavy atom. The van der Waals surface area contributed by atoms with Crippen molar-refractivity contribution in [1.82, 2.24) is 25.1 Å². The van der Waals surface area contributed by atoms with Crippen LogP contribution in [0.4, 0.5) is 0 Å². The first kappa shape index (κ1) is 18.2. The van der Waals surface area contributed by atoms with Gasteiger partial charge < -0.3 is 4.98 Å². The van der Waals surface area contributed by atoms with Gasteiger partial charge in [0.1, 0.15) is 5.65 Å². The van der Waals surface area contributed by atoms with Crippen LogP contribution in [0.5, 0.6) is 0 Å². The van der Waals surface area contributed by atoms with Gasteiger partial charge in [-0.2, -0.15) is 5.10 Å². The van der Waals surface area contributed by atoms with E-state index >= 15 is 0 Å². The Kier molecular flexibility index (Phi) is 4.14. The van der Waals surface area contributed by atoms with Gasteiger partial charge in [0, 0.05) is 34.3 Å². The third kappa shape index (κ3) is 3.06. The summed E-state index contributed by atoms with van der Waals surface area (Å²) in [5.74, 6) is 0. The number of pyridine rings is 3. The molecule has 0 saturated carbocycles. The van der Waals surface area contributed by atoms with Gasteiger partial charge in [0.2, 0.25) is 0 Å². The van der Waals surface area contributed by atoms with Crippen LogP contribution in [-0.4, -0.2) is 25.1 Å². The van der Waals surface area contributed by atoms with Crippen LogP contribution in [0.25, 0.3) is 55.6 Å². The lowest BCUT2D eigenvalue weighted by Crippen LogP contribution is -2.10. The number of hydrogen-bond acceptors (Lipinski definition) is 4. The molecule has 0 unspecified atom stereocenters. The number of H-pyrrole nitrogens is 2. The summed E-state index contributed by atoms with van der Waals surface area (Å²) in [5, 5.41) is 8.74. The van der Waals surface area contributed by atoms with Crippen LogP contribution in [0.15, 0.2) is 96.1 Å². The van der Waals surface area contributed by atoms with Crippen molar-refractivity contribution in [2.24, 2.45) is 0 Å². The molecule has 4 aromatic heterocycles. The first-order chi connectivity index (χ1) is 15.8. The highest BCUT2D eigenvalue weighted by Crippen LogP contribution is 2.34. The lowest BCUT2D eigenvalue weighted by atomic mass is 9.96. The van der Waals surface area contributed by atoms with E-state index in [9.17, 15) is 4.79 Å². The minimum atomic E-state index is -0.210. The van der Waals surface area contributed by atoms with Crippen LogP contribution >= 0.6 is 0 Å². The molecule has 4 heterocycles. The van der Waals surface area contributed by atoms with Crippen LogP contribution in [0.1, 0.15) is 0 Å². The maximum Gasteiger partial charge on any atom is 0.259 e. The van der Waals surface area contributed by atoms with E-state index in [-0.39, 0.29) is 5.56 Å². The van der Waals surface area contributed by atoms with Crippen LogP contribution in [0, 0.1) is 0 Å². The largest absolute Gasteiger partial charge is 0.306 e. The van der Waals surface area contributed by atoms with E-state index < -0.39 is 0 Å². The van der Waals surface area contributed by atoms with Crippen molar-refractivity contribution in [3.63, 3.8) is 0 Å². The fourth-order valence-corrected chi connectivity index (χ4v) is 4.02. The molecular formula is C26H17N5O. The first-order valence-corrected chi connectivity index (χ1v) is 10.2. The maximum atomic E-state index is 12.7. The highest BCUT2D eigenvalue weighted by molar-refractivity contribution is 5.94. The Hall–Kier alpha value is -4.58. The number of rotatable bonds is 3. The average molecular weight is 415 g/mol. The molecule has 2 N–H and O–H groups in total. The van der Waals surface area contributed by atoms with E-state index in [1.54, 1.807) is 18.5 Å². The van der Waals surface area contributed by atoms with Gasteiger partial charge in [-0.1, -0.05) is 42.5 Å². The fraction of sp³-hybridized carbons (Fsp3) is 0. The quantitative estimate of drug-likeness (QED) is 0.416. The molecule has 0 fully saturated rings. The molecule has 0 spiro atoms. The zero-order valence-corrected chi connectivity index (χ0v) is 16.9. The predicted octanol–water partition coefficient (Wildman–Crippen LogP) is 5.20. The zero-order valence-electron chi connectivity index (χ0n) is 16.9. The second kappa shape index (κ2) is 7.28. The number of nitrogens with one attached hydrogen (secondary N) is 2. The van der Waals surface area contributed by atoms with Gasteiger partial charge in [-0.25, -0.2) is 4.98 Å². The topological polar surface area (TPSA) is 87.3 Å². The Balaban J connectivity index is 1.65. The summed E-state index contributed by atoms with van der Waals surface area (Å²) in [6, 6.07) is 25.9. The summed E-state index contributed by atoms with van der Waals surface area (Å²) in [6.45, 7) is 0. The maximum absolute atomic E-state index is 12.7. The molecule has 6 heteroatoms. The Morgan fingerprint density at radius 2 is 1.59 bits per heavy atom. The minimum Gasteiger partial charge on any atom is -0.306 e. The summed E-state index contributed by atoms with van der Waals surface area (Å²) in [7, 11) is 0. The van der Waals surface area contributed by atoms with E-state index in [4.69, 9.17) is 4.98 Å². The van der Waals surface area contributed by atoms with Gasteiger partial charge in [-0.15, -0.1) is 0 Å². The van der Waals surface area contributed by atoms with E-state index in [0.717, 1.165) is 38.7 Å². The average Bonchev–Trinajstić information content (AvgIpc) is 3.38. The number of fused-ring (bicyclic) bond motifs is 2. The third-order valence-corrected chi connectivity index (χ3v) is 5.58. The third-order valence-electron chi connectivity index (χ3n) is 5.58. The predicted molar refractivity (Wildman–Crippen MR) is 126 cm³/mol. The lowest BCUT2D eigenvalue weighted by Gasteiger charge is -2.12. The zero-order chi connectivity index (χ0) is 21.5.